The third kappa shape index (κ3) is 4.29. The predicted octanol–water partition coefficient (Wildman–Crippen LogP) is 0.311. The number of hydrogen-bond donors (Lipinski definition) is 1. The van der Waals surface area contributed by atoms with Gasteiger partial charge in [-0.15, -0.1) is 0 Å². The lowest BCUT2D eigenvalue weighted by atomic mass is 10.1. The molecule has 18 heavy (non-hydrogen) atoms. The molecule has 1 aliphatic rings. The van der Waals surface area contributed by atoms with E-state index in [1.54, 1.807) is 0 Å². The average Bonchev–Trinajstić information content (AvgIpc) is 2.35. The van der Waals surface area contributed by atoms with E-state index < -0.39 is 0 Å². The van der Waals surface area contributed by atoms with Crippen LogP contribution in [0.15, 0.2) is 0 Å². The Kier molecular flexibility index (Phi) is 5.59. The van der Waals surface area contributed by atoms with Gasteiger partial charge >= 0.3 is 0 Å². The Morgan fingerprint density at radius 1 is 1.00 bits per heavy atom. The summed E-state index contributed by atoms with van der Waals surface area (Å²) >= 11 is 0. The molecule has 1 heterocycles. The van der Waals surface area contributed by atoms with E-state index in [-0.39, 0.29) is 17.7 Å². The Morgan fingerprint density at radius 2 is 1.50 bits per heavy atom. The van der Waals surface area contributed by atoms with Crippen LogP contribution in [0, 0.1) is 5.92 Å². The summed E-state index contributed by atoms with van der Waals surface area (Å²) in [4.78, 5) is 27.4. The van der Waals surface area contributed by atoms with Crippen LogP contribution >= 0.6 is 0 Å². The summed E-state index contributed by atoms with van der Waals surface area (Å²) in [6, 6.07) is 0.317. The number of rotatable bonds is 4. The van der Waals surface area contributed by atoms with Crippen LogP contribution < -0.4 is 5.32 Å². The molecule has 0 aliphatic carbocycles. The maximum atomic E-state index is 11.9. The summed E-state index contributed by atoms with van der Waals surface area (Å²) in [5.74, 6) is 0.345. The summed E-state index contributed by atoms with van der Waals surface area (Å²) < 4.78 is 0. The quantitative estimate of drug-likeness (QED) is 0.786. The zero-order valence-electron chi connectivity index (χ0n) is 11.9. The second-order valence-corrected chi connectivity index (χ2v) is 5.40. The van der Waals surface area contributed by atoms with E-state index in [0.717, 1.165) is 0 Å². The third-order valence-corrected chi connectivity index (χ3v) is 3.10. The Labute approximate surface area is 110 Å². The van der Waals surface area contributed by atoms with Gasteiger partial charge < -0.3 is 15.1 Å². The topological polar surface area (TPSA) is 52.7 Å². The Bertz CT molecular complexity index is 295. The number of hydrogen-bond acceptors (Lipinski definition) is 3. The van der Waals surface area contributed by atoms with Crippen molar-refractivity contribution in [2.24, 2.45) is 5.92 Å². The van der Waals surface area contributed by atoms with E-state index >= 15 is 0 Å². The normalized spacial score (nSPS) is 16.6. The van der Waals surface area contributed by atoms with Crippen molar-refractivity contribution in [2.75, 3.05) is 32.7 Å². The van der Waals surface area contributed by atoms with Crippen molar-refractivity contribution >= 4 is 11.8 Å². The molecule has 0 aromatic carbocycles. The molecule has 5 heteroatoms. The summed E-state index contributed by atoms with van der Waals surface area (Å²) in [6.07, 6.45) is 0. The molecule has 1 rings (SSSR count). The van der Waals surface area contributed by atoms with Crippen LogP contribution in [0.4, 0.5) is 0 Å². The summed E-state index contributed by atoms with van der Waals surface area (Å²) in [5.41, 5.74) is 0. The highest BCUT2D eigenvalue weighted by atomic mass is 16.2. The second kappa shape index (κ2) is 6.73. The van der Waals surface area contributed by atoms with Crippen molar-refractivity contribution < 1.29 is 9.59 Å². The van der Waals surface area contributed by atoms with Gasteiger partial charge in [0.15, 0.2) is 0 Å². The molecule has 104 valence electrons. The van der Waals surface area contributed by atoms with Gasteiger partial charge in [-0.05, 0) is 0 Å². The van der Waals surface area contributed by atoms with Crippen molar-refractivity contribution in [2.45, 2.75) is 33.7 Å². The van der Waals surface area contributed by atoms with E-state index in [0.29, 0.717) is 38.8 Å². The Morgan fingerprint density at radius 3 is 1.94 bits per heavy atom. The molecule has 0 spiro atoms. The number of nitrogens with zero attached hydrogens (tertiary/aromatic N) is 2. The molecule has 0 radical (unpaired) electrons. The molecule has 1 N–H and O–H groups in total. The lowest BCUT2D eigenvalue weighted by Crippen LogP contribution is -2.53. The van der Waals surface area contributed by atoms with E-state index in [9.17, 15) is 9.59 Å². The Balaban J connectivity index is 2.35. The van der Waals surface area contributed by atoms with Crippen LogP contribution in [0.25, 0.3) is 0 Å². The van der Waals surface area contributed by atoms with Crippen LogP contribution in [0.3, 0.4) is 0 Å². The van der Waals surface area contributed by atoms with Crippen LogP contribution in [0.5, 0.6) is 0 Å². The molecule has 1 fully saturated rings. The number of carbonyl (C=O) groups excluding carboxylic acids is 2. The molecule has 2 amide bonds. The minimum atomic E-state index is 0.0369. The van der Waals surface area contributed by atoms with E-state index in [4.69, 9.17) is 0 Å². The largest absolute Gasteiger partial charge is 0.339 e. The van der Waals surface area contributed by atoms with Gasteiger partial charge in [-0.25, -0.2) is 0 Å². The molecule has 0 aromatic heterocycles. The third-order valence-electron chi connectivity index (χ3n) is 3.10. The van der Waals surface area contributed by atoms with Crippen LogP contribution in [-0.4, -0.2) is 60.4 Å². The zero-order chi connectivity index (χ0) is 13.7. The van der Waals surface area contributed by atoms with E-state index in [1.165, 1.54) is 0 Å². The van der Waals surface area contributed by atoms with Crippen LogP contribution in [0.2, 0.25) is 0 Å². The first-order valence-corrected chi connectivity index (χ1v) is 6.71. The first-order chi connectivity index (χ1) is 8.41. The van der Waals surface area contributed by atoms with Gasteiger partial charge in [-0.3, -0.25) is 9.59 Å². The van der Waals surface area contributed by atoms with Gasteiger partial charge in [-0.1, -0.05) is 27.7 Å². The highest BCUT2D eigenvalue weighted by Gasteiger charge is 2.24. The van der Waals surface area contributed by atoms with Crippen molar-refractivity contribution in [3.63, 3.8) is 0 Å². The maximum Gasteiger partial charge on any atom is 0.236 e. The van der Waals surface area contributed by atoms with Gasteiger partial charge in [0.25, 0.3) is 0 Å². The molecular weight excluding hydrogens is 230 g/mol. The van der Waals surface area contributed by atoms with Crippen LogP contribution in [0.1, 0.15) is 27.7 Å². The van der Waals surface area contributed by atoms with Crippen molar-refractivity contribution in [1.82, 2.24) is 15.1 Å². The SMILES string of the molecule is CC(C)NCC(=O)N1CCN(C(=O)C(C)C)CC1. The maximum absolute atomic E-state index is 11.9. The number of piperazine rings is 1. The monoisotopic (exact) mass is 255 g/mol. The molecule has 0 bridgehead atoms. The van der Waals surface area contributed by atoms with Gasteiger partial charge in [0, 0.05) is 38.1 Å². The van der Waals surface area contributed by atoms with Gasteiger partial charge in [0.2, 0.25) is 11.8 Å². The average molecular weight is 255 g/mol. The second-order valence-electron chi connectivity index (χ2n) is 5.40. The van der Waals surface area contributed by atoms with Crippen molar-refractivity contribution in [1.29, 1.82) is 0 Å². The first-order valence-electron chi connectivity index (χ1n) is 6.71. The highest BCUT2D eigenvalue weighted by Crippen LogP contribution is 2.07. The molecule has 0 aromatic rings. The summed E-state index contributed by atoms with van der Waals surface area (Å²) in [5, 5.41) is 3.12. The fourth-order valence-corrected chi connectivity index (χ4v) is 1.94. The summed E-state index contributed by atoms with van der Waals surface area (Å²) in [6.45, 7) is 10.9. The fraction of sp³-hybridized carbons (Fsp3) is 0.846. The molecule has 1 saturated heterocycles. The molecule has 5 nitrogen and oxygen atoms in total. The minimum absolute atomic E-state index is 0.0369. The van der Waals surface area contributed by atoms with Crippen molar-refractivity contribution in [3.05, 3.63) is 0 Å². The molecule has 0 atom stereocenters. The van der Waals surface area contributed by atoms with Gasteiger partial charge in [0.1, 0.15) is 0 Å². The van der Waals surface area contributed by atoms with E-state index in [2.05, 4.69) is 5.32 Å². The zero-order valence-corrected chi connectivity index (χ0v) is 11.9. The smallest absolute Gasteiger partial charge is 0.236 e. The lowest BCUT2D eigenvalue weighted by molar-refractivity contribution is -0.141. The number of nitrogens with one attached hydrogen (secondary N) is 1. The standard InChI is InChI=1S/C13H25N3O2/c1-10(2)13(18)16-7-5-15(6-8-16)12(17)9-14-11(3)4/h10-11,14H,5-9H2,1-4H3. The predicted molar refractivity (Wildman–Crippen MR) is 71.1 cm³/mol. The van der Waals surface area contributed by atoms with E-state index in [1.807, 2.05) is 37.5 Å². The summed E-state index contributed by atoms with van der Waals surface area (Å²) in [7, 11) is 0. The molecule has 0 unspecified atom stereocenters. The van der Waals surface area contributed by atoms with Crippen LogP contribution in [-0.2, 0) is 9.59 Å². The first kappa shape index (κ1) is 15.0. The Hall–Kier alpha value is -1.10. The lowest BCUT2D eigenvalue weighted by Gasteiger charge is -2.35. The minimum Gasteiger partial charge on any atom is -0.339 e. The van der Waals surface area contributed by atoms with Gasteiger partial charge in [-0.2, -0.15) is 0 Å². The number of amides is 2. The van der Waals surface area contributed by atoms with Crippen molar-refractivity contribution in [3.8, 4) is 0 Å². The fourth-order valence-electron chi connectivity index (χ4n) is 1.94. The number of carbonyl (C=O) groups is 2. The molecule has 1 aliphatic heterocycles. The highest BCUT2D eigenvalue weighted by molar-refractivity contribution is 5.80. The molecular formula is C13H25N3O2. The molecule has 0 saturated carbocycles. The van der Waals surface area contributed by atoms with Gasteiger partial charge in [0.05, 0.1) is 6.54 Å².